The Labute approximate surface area is 116 Å². The van der Waals surface area contributed by atoms with Gasteiger partial charge >= 0.3 is 0 Å². The number of amides is 1. The van der Waals surface area contributed by atoms with Crippen LogP contribution in [0.5, 0.6) is 0 Å². The van der Waals surface area contributed by atoms with E-state index in [0.717, 1.165) is 11.1 Å². The molecule has 0 saturated heterocycles. The minimum atomic E-state index is -0.589. The van der Waals surface area contributed by atoms with Crippen LogP contribution in [0.25, 0.3) is 0 Å². The number of rotatable bonds is 3. The van der Waals surface area contributed by atoms with Crippen LogP contribution in [0, 0.1) is 12.3 Å². The van der Waals surface area contributed by atoms with Crippen molar-refractivity contribution in [1.29, 1.82) is 5.41 Å². The number of halogens is 1. The molecule has 1 aromatic carbocycles. The maximum Gasteiger partial charge on any atom is 0.252 e. The summed E-state index contributed by atoms with van der Waals surface area (Å²) in [6.45, 7) is 2.34. The lowest BCUT2D eigenvalue weighted by Gasteiger charge is -2.11. The van der Waals surface area contributed by atoms with E-state index in [4.69, 9.17) is 22.7 Å². The number of carbonyl (C=O) groups is 1. The Morgan fingerprint density at radius 3 is 2.79 bits per heavy atom. The van der Waals surface area contributed by atoms with Crippen molar-refractivity contribution in [2.45, 2.75) is 13.5 Å². The molecule has 0 radical (unpaired) electrons. The van der Waals surface area contributed by atoms with E-state index in [2.05, 4.69) is 0 Å². The third kappa shape index (κ3) is 3.03. The average Bonchev–Trinajstić information content (AvgIpc) is 2.33. The number of carbonyl (C=O) groups excluding carboxylic acids is 1. The van der Waals surface area contributed by atoms with Gasteiger partial charge in [0, 0.05) is 17.8 Å². The monoisotopic (exact) mass is 275 g/mol. The van der Waals surface area contributed by atoms with E-state index < -0.39 is 5.91 Å². The number of nitrogens with two attached hydrogens (primary N) is 1. The molecule has 0 unspecified atom stereocenters. The average molecular weight is 276 g/mol. The molecule has 2 aromatic rings. The summed E-state index contributed by atoms with van der Waals surface area (Å²) in [6, 6.07) is 9.03. The molecule has 0 saturated carbocycles. The second kappa shape index (κ2) is 5.28. The number of aromatic nitrogens is 1. The normalized spacial score (nSPS) is 10.4. The summed E-state index contributed by atoms with van der Waals surface area (Å²) in [5.74, 6) is -0.589. The summed E-state index contributed by atoms with van der Waals surface area (Å²) in [5.41, 5.74) is 7.46. The standard InChI is InChI=1S/C14H14ClN3O/c1-9-5-12(14(17)19)13(16)18(7-9)8-10-3-2-4-11(15)6-10/h2-7,16H,8H2,1H3,(H2,17,19). The highest BCUT2D eigenvalue weighted by molar-refractivity contribution is 6.30. The molecule has 2 rings (SSSR count). The van der Waals surface area contributed by atoms with Crippen LogP contribution in [0.15, 0.2) is 36.5 Å². The van der Waals surface area contributed by atoms with Gasteiger partial charge in [-0.3, -0.25) is 10.2 Å². The van der Waals surface area contributed by atoms with E-state index >= 15 is 0 Å². The maximum absolute atomic E-state index is 11.3. The molecule has 1 heterocycles. The maximum atomic E-state index is 11.3. The lowest BCUT2D eigenvalue weighted by Crippen LogP contribution is -2.30. The zero-order chi connectivity index (χ0) is 14.0. The molecule has 4 nitrogen and oxygen atoms in total. The van der Waals surface area contributed by atoms with Crippen LogP contribution >= 0.6 is 11.6 Å². The number of nitrogens with one attached hydrogen (secondary N) is 1. The number of primary amides is 1. The smallest absolute Gasteiger partial charge is 0.252 e. The van der Waals surface area contributed by atoms with Crippen LogP contribution in [-0.4, -0.2) is 10.5 Å². The Balaban J connectivity index is 2.46. The summed E-state index contributed by atoms with van der Waals surface area (Å²) >= 11 is 5.93. The summed E-state index contributed by atoms with van der Waals surface area (Å²) in [5, 5.41) is 8.65. The van der Waals surface area contributed by atoms with Gasteiger partial charge in [0.25, 0.3) is 5.91 Å². The predicted octanol–water partition coefficient (Wildman–Crippen LogP) is 2.08. The van der Waals surface area contributed by atoms with Crippen molar-refractivity contribution < 1.29 is 4.79 Å². The predicted molar refractivity (Wildman–Crippen MR) is 74.1 cm³/mol. The van der Waals surface area contributed by atoms with Gasteiger partial charge in [-0.2, -0.15) is 0 Å². The molecule has 1 aromatic heterocycles. The minimum absolute atomic E-state index is 0.109. The molecule has 5 heteroatoms. The van der Waals surface area contributed by atoms with Crippen molar-refractivity contribution in [3.8, 4) is 0 Å². The third-order valence-corrected chi connectivity index (χ3v) is 3.02. The highest BCUT2D eigenvalue weighted by Crippen LogP contribution is 2.11. The fraction of sp³-hybridized carbons (Fsp3) is 0.143. The van der Waals surface area contributed by atoms with Crippen molar-refractivity contribution in [3.05, 3.63) is 63.7 Å². The van der Waals surface area contributed by atoms with E-state index in [9.17, 15) is 4.79 Å². The quantitative estimate of drug-likeness (QED) is 0.884. The second-order valence-electron chi connectivity index (χ2n) is 4.40. The first-order valence-electron chi connectivity index (χ1n) is 5.77. The van der Waals surface area contributed by atoms with Crippen molar-refractivity contribution in [2.24, 2.45) is 5.73 Å². The Morgan fingerprint density at radius 1 is 1.42 bits per heavy atom. The van der Waals surface area contributed by atoms with Crippen LogP contribution in [0.2, 0.25) is 5.02 Å². The number of pyridine rings is 1. The van der Waals surface area contributed by atoms with Gasteiger partial charge in [-0.15, -0.1) is 0 Å². The SMILES string of the molecule is Cc1cc(C(N)=O)c(=N)n(Cc2cccc(Cl)c2)c1. The molecule has 0 spiro atoms. The van der Waals surface area contributed by atoms with E-state index in [1.54, 1.807) is 16.7 Å². The lowest BCUT2D eigenvalue weighted by atomic mass is 10.1. The molecule has 3 N–H and O–H groups in total. The van der Waals surface area contributed by atoms with Crippen LogP contribution < -0.4 is 11.2 Å². The minimum Gasteiger partial charge on any atom is -0.365 e. The van der Waals surface area contributed by atoms with Gasteiger partial charge in [0.2, 0.25) is 0 Å². The Kier molecular flexibility index (Phi) is 3.71. The number of hydrogen-bond donors (Lipinski definition) is 2. The van der Waals surface area contributed by atoms with E-state index in [1.165, 1.54) is 0 Å². The van der Waals surface area contributed by atoms with Crippen LogP contribution in [-0.2, 0) is 6.54 Å². The summed E-state index contributed by atoms with van der Waals surface area (Å²) in [6.07, 6.45) is 1.82. The molecular weight excluding hydrogens is 262 g/mol. The molecule has 0 aliphatic carbocycles. The highest BCUT2D eigenvalue weighted by Gasteiger charge is 2.07. The van der Waals surface area contributed by atoms with Crippen LogP contribution in [0.1, 0.15) is 21.5 Å². The van der Waals surface area contributed by atoms with Gasteiger partial charge in [0.05, 0.1) is 5.56 Å². The first kappa shape index (κ1) is 13.4. The van der Waals surface area contributed by atoms with Crippen molar-refractivity contribution in [2.75, 3.05) is 0 Å². The van der Waals surface area contributed by atoms with Gasteiger partial charge in [0.1, 0.15) is 5.49 Å². The second-order valence-corrected chi connectivity index (χ2v) is 4.84. The number of hydrogen-bond acceptors (Lipinski definition) is 2. The first-order valence-corrected chi connectivity index (χ1v) is 6.15. The fourth-order valence-electron chi connectivity index (χ4n) is 1.94. The molecule has 0 atom stereocenters. The van der Waals surface area contributed by atoms with Crippen LogP contribution in [0.3, 0.4) is 0 Å². The molecule has 0 aliphatic rings. The molecular formula is C14H14ClN3O. The third-order valence-electron chi connectivity index (χ3n) is 2.78. The molecule has 1 amide bonds. The van der Waals surface area contributed by atoms with Gasteiger partial charge in [-0.05, 0) is 36.2 Å². The zero-order valence-electron chi connectivity index (χ0n) is 10.5. The molecule has 0 aliphatic heterocycles. The van der Waals surface area contributed by atoms with Gasteiger partial charge in [0.15, 0.2) is 0 Å². The summed E-state index contributed by atoms with van der Waals surface area (Å²) in [7, 11) is 0. The van der Waals surface area contributed by atoms with Crippen molar-refractivity contribution in [1.82, 2.24) is 4.57 Å². The number of aryl methyl sites for hydroxylation is 1. The Hall–Kier alpha value is -2.07. The van der Waals surface area contributed by atoms with Crippen LogP contribution in [0.4, 0.5) is 0 Å². The largest absolute Gasteiger partial charge is 0.365 e. The highest BCUT2D eigenvalue weighted by atomic mass is 35.5. The van der Waals surface area contributed by atoms with Crippen molar-refractivity contribution in [3.63, 3.8) is 0 Å². The van der Waals surface area contributed by atoms with Crippen molar-refractivity contribution >= 4 is 17.5 Å². The molecule has 0 bridgehead atoms. The summed E-state index contributed by atoms with van der Waals surface area (Å²) < 4.78 is 1.68. The fourth-order valence-corrected chi connectivity index (χ4v) is 2.16. The summed E-state index contributed by atoms with van der Waals surface area (Å²) in [4.78, 5) is 11.3. The Morgan fingerprint density at radius 2 is 2.16 bits per heavy atom. The molecule has 19 heavy (non-hydrogen) atoms. The van der Waals surface area contributed by atoms with Gasteiger partial charge in [-0.1, -0.05) is 23.7 Å². The zero-order valence-corrected chi connectivity index (χ0v) is 11.2. The molecule has 98 valence electrons. The number of benzene rings is 1. The van der Waals surface area contributed by atoms with Gasteiger partial charge < -0.3 is 10.3 Å². The number of nitrogens with zero attached hydrogens (tertiary/aromatic N) is 1. The van der Waals surface area contributed by atoms with E-state index in [0.29, 0.717) is 11.6 Å². The topological polar surface area (TPSA) is 71.9 Å². The van der Waals surface area contributed by atoms with E-state index in [1.807, 2.05) is 31.3 Å². The lowest BCUT2D eigenvalue weighted by molar-refractivity contribution is 0.0997. The van der Waals surface area contributed by atoms with Gasteiger partial charge in [-0.25, -0.2) is 0 Å². The Bertz CT molecular complexity index is 691. The molecule has 0 fully saturated rings. The first-order chi connectivity index (χ1) is 8.97. The van der Waals surface area contributed by atoms with E-state index in [-0.39, 0.29) is 11.1 Å².